The minimum atomic E-state index is 0.451. The van der Waals surface area contributed by atoms with E-state index >= 15 is 0 Å². The average Bonchev–Trinajstić information content (AvgIpc) is 2.41. The van der Waals surface area contributed by atoms with Crippen LogP contribution in [0.15, 0.2) is 42.5 Å². The summed E-state index contributed by atoms with van der Waals surface area (Å²) in [7, 11) is 0. The Morgan fingerprint density at radius 1 is 1.05 bits per heavy atom. The molecular weight excluding hydrogens is 264 g/mol. The van der Waals surface area contributed by atoms with E-state index < -0.39 is 0 Å². The van der Waals surface area contributed by atoms with E-state index in [4.69, 9.17) is 18.0 Å². The van der Waals surface area contributed by atoms with Crippen molar-refractivity contribution < 1.29 is 0 Å². The van der Waals surface area contributed by atoms with Gasteiger partial charge in [-0.05, 0) is 56.7 Å². The van der Waals surface area contributed by atoms with E-state index in [1.165, 1.54) is 11.3 Å². The molecule has 3 heteroatoms. The van der Waals surface area contributed by atoms with Crippen LogP contribution in [-0.4, -0.2) is 11.5 Å². The molecule has 0 aromatic heterocycles. The molecule has 0 heterocycles. The highest BCUT2D eigenvalue weighted by atomic mass is 32.1. The van der Waals surface area contributed by atoms with E-state index in [1.54, 1.807) is 0 Å². The molecule has 0 spiro atoms. The number of nitrogens with zero attached hydrogens (tertiary/aromatic N) is 1. The molecule has 2 aromatic rings. The lowest BCUT2D eigenvalue weighted by atomic mass is 10.1. The van der Waals surface area contributed by atoms with Crippen LogP contribution in [0.25, 0.3) is 0 Å². The van der Waals surface area contributed by atoms with Crippen molar-refractivity contribution in [2.75, 3.05) is 11.4 Å². The minimum Gasteiger partial charge on any atom is -0.389 e. The van der Waals surface area contributed by atoms with E-state index in [9.17, 15) is 0 Å². The fourth-order valence-corrected chi connectivity index (χ4v) is 2.56. The van der Waals surface area contributed by atoms with E-state index in [0.717, 1.165) is 23.4 Å². The Morgan fingerprint density at radius 3 is 2.15 bits per heavy atom. The van der Waals surface area contributed by atoms with Crippen LogP contribution < -0.4 is 10.6 Å². The minimum absolute atomic E-state index is 0.451. The molecule has 2 rings (SSSR count). The number of rotatable bonds is 4. The molecule has 0 radical (unpaired) electrons. The maximum atomic E-state index is 5.72. The smallest absolute Gasteiger partial charge is 0.104 e. The summed E-state index contributed by atoms with van der Waals surface area (Å²) >= 11 is 5.06. The van der Waals surface area contributed by atoms with Gasteiger partial charge in [-0.15, -0.1) is 0 Å². The largest absolute Gasteiger partial charge is 0.389 e. The molecule has 0 bridgehead atoms. The molecule has 20 heavy (non-hydrogen) atoms. The van der Waals surface area contributed by atoms with Crippen molar-refractivity contribution in [1.82, 2.24) is 0 Å². The van der Waals surface area contributed by atoms with Crippen LogP contribution in [0.3, 0.4) is 0 Å². The fraction of sp³-hybridized carbons (Fsp3) is 0.235. The number of thiocarbonyl (C=S) groups is 1. The molecule has 0 aliphatic rings. The average molecular weight is 284 g/mol. The summed E-state index contributed by atoms with van der Waals surface area (Å²) in [6.07, 6.45) is 0. The SMILES string of the molecule is CCN(c1ccc(C)cc1)c1ccc(C(N)=S)c(C)c1. The van der Waals surface area contributed by atoms with Gasteiger partial charge in [-0.2, -0.15) is 0 Å². The van der Waals surface area contributed by atoms with Crippen molar-refractivity contribution in [2.45, 2.75) is 20.8 Å². The number of aryl methyl sites for hydroxylation is 2. The highest BCUT2D eigenvalue weighted by molar-refractivity contribution is 7.80. The first-order chi connectivity index (χ1) is 9.52. The van der Waals surface area contributed by atoms with Gasteiger partial charge >= 0.3 is 0 Å². The molecule has 0 aliphatic carbocycles. The molecular formula is C17H20N2S. The van der Waals surface area contributed by atoms with Crippen LogP contribution in [0.1, 0.15) is 23.6 Å². The third-order valence-corrected chi connectivity index (χ3v) is 3.67. The number of hydrogen-bond donors (Lipinski definition) is 1. The molecule has 0 saturated heterocycles. The Bertz CT molecular complexity index is 617. The monoisotopic (exact) mass is 284 g/mol. The van der Waals surface area contributed by atoms with Crippen LogP contribution in [0.4, 0.5) is 11.4 Å². The summed E-state index contributed by atoms with van der Waals surface area (Å²) in [5.41, 5.74) is 11.4. The molecule has 2 nitrogen and oxygen atoms in total. The highest BCUT2D eigenvalue weighted by Crippen LogP contribution is 2.27. The Labute approximate surface area is 126 Å². The first kappa shape index (κ1) is 14.5. The maximum absolute atomic E-state index is 5.72. The molecule has 0 fully saturated rings. The summed E-state index contributed by atoms with van der Waals surface area (Å²) < 4.78 is 0. The van der Waals surface area contributed by atoms with Crippen molar-refractivity contribution in [1.29, 1.82) is 0 Å². The lowest BCUT2D eigenvalue weighted by Crippen LogP contribution is -2.17. The standard InChI is InChI=1S/C17H20N2S/c1-4-19(14-7-5-12(2)6-8-14)15-9-10-16(17(18)20)13(3)11-15/h5-11H,4H2,1-3H3,(H2,18,20). The van der Waals surface area contributed by atoms with Crippen LogP contribution >= 0.6 is 12.2 Å². The lowest BCUT2D eigenvalue weighted by molar-refractivity contribution is 1.02. The normalized spacial score (nSPS) is 10.3. The lowest BCUT2D eigenvalue weighted by Gasteiger charge is -2.24. The zero-order chi connectivity index (χ0) is 14.7. The highest BCUT2D eigenvalue weighted by Gasteiger charge is 2.09. The quantitative estimate of drug-likeness (QED) is 0.857. The molecule has 104 valence electrons. The molecule has 2 N–H and O–H groups in total. The van der Waals surface area contributed by atoms with Gasteiger partial charge in [0, 0.05) is 23.5 Å². The van der Waals surface area contributed by atoms with Gasteiger partial charge in [-0.3, -0.25) is 0 Å². The van der Waals surface area contributed by atoms with Crippen molar-refractivity contribution in [3.8, 4) is 0 Å². The van der Waals surface area contributed by atoms with Gasteiger partial charge in [0.1, 0.15) is 4.99 Å². The van der Waals surface area contributed by atoms with Gasteiger partial charge in [0.15, 0.2) is 0 Å². The Kier molecular flexibility index (Phi) is 4.40. The van der Waals surface area contributed by atoms with E-state index in [-0.39, 0.29) is 0 Å². The molecule has 0 amide bonds. The summed E-state index contributed by atoms with van der Waals surface area (Å²) in [6, 6.07) is 14.8. The van der Waals surface area contributed by atoms with Crippen LogP contribution in [0.5, 0.6) is 0 Å². The van der Waals surface area contributed by atoms with Crippen molar-refractivity contribution in [3.05, 3.63) is 59.2 Å². The first-order valence-electron chi connectivity index (χ1n) is 6.77. The predicted octanol–water partition coefficient (Wildman–Crippen LogP) is 4.10. The van der Waals surface area contributed by atoms with Crippen molar-refractivity contribution in [3.63, 3.8) is 0 Å². The second kappa shape index (κ2) is 6.06. The second-order valence-electron chi connectivity index (χ2n) is 4.94. The van der Waals surface area contributed by atoms with Crippen molar-refractivity contribution >= 4 is 28.6 Å². The summed E-state index contributed by atoms with van der Waals surface area (Å²) in [5, 5.41) is 0. The number of nitrogens with two attached hydrogens (primary N) is 1. The molecule has 2 aromatic carbocycles. The zero-order valence-corrected chi connectivity index (χ0v) is 13.0. The van der Waals surface area contributed by atoms with Crippen LogP contribution in [-0.2, 0) is 0 Å². The zero-order valence-electron chi connectivity index (χ0n) is 12.2. The summed E-state index contributed by atoms with van der Waals surface area (Å²) in [4.78, 5) is 2.72. The van der Waals surface area contributed by atoms with Gasteiger partial charge in [0.05, 0.1) is 0 Å². The van der Waals surface area contributed by atoms with Crippen LogP contribution in [0, 0.1) is 13.8 Å². The van der Waals surface area contributed by atoms with Gasteiger partial charge in [-0.25, -0.2) is 0 Å². The maximum Gasteiger partial charge on any atom is 0.104 e. The fourth-order valence-electron chi connectivity index (χ4n) is 2.33. The van der Waals surface area contributed by atoms with Crippen LogP contribution in [0.2, 0.25) is 0 Å². The second-order valence-corrected chi connectivity index (χ2v) is 5.38. The number of benzene rings is 2. The van der Waals surface area contributed by atoms with E-state index in [2.05, 4.69) is 55.1 Å². The van der Waals surface area contributed by atoms with Gasteiger partial charge in [-0.1, -0.05) is 29.9 Å². The topological polar surface area (TPSA) is 29.3 Å². The molecule has 0 unspecified atom stereocenters. The first-order valence-corrected chi connectivity index (χ1v) is 7.18. The van der Waals surface area contributed by atoms with Gasteiger partial charge < -0.3 is 10.6 Å². The predicted molar refractivity (Wildman–Crippen MR) is 90.9 cm³/mol. The molecule has 0 saturated carbocycles. The van der Waals surface area contributed by atoms with E-state index in [1.807, 2.05) is 13.0 Å². The summed E-state index contributed by atoms with van der Waals surface area (Å²) in [6.45, 7) is 7.20. The Morgan fingerprint density at radius 2 is 1.65 bits per heavy atom. The number of anilines is 2. The van der Waals surface area contributed by atoms with Crippen molar-refractivity contribution in [2.24, 2.45) is 5.73 Å². The third-order valence-electron chi connectivity index (χ3n) is 3.45. The summed E-state index contributed by atoms with van der Waals surface area (Å²) in [5.74, 6) is 0. The Hall–Kier alpha value is -1.87. The van der Waals surface area contributed by atoms with Gasteiger partial charge in [0.25, 0.3) is 0 Å². The Balaban J connectivity index is 2.39. The molecule has 0 atom stereocenters. The molecule has 0 aliphatic heterocycles. The van der Waals surface area contributed by atoms with E-state index in [0.29, 0.717) is 4.99 Å². The number of hydrogen-bond acceptors (Lipinski definition) is 2. The van der Waals surface area contributed by atoms with Gasteiger partial charge in [0.2, 0.25) is 0 Å². The third kappa shape index (κ3) is 2.99.